The van der Waals surface area contributed by atoms with E-state index in [2.05, 4.69) is 27.7 Å². The predicted octanol–water partition coefficient (Wildman–Crippen LogP) is 2.37. The molecule has 28 heavy (non-hydrogen) atoms. The molecule has 0 saturated carbocycles. The van der Waals surface area contributed by atoms with Crippen molar-refractivity contribution in [3.05, 3.63) is 71.3 Å². The Morgan fingerprint density at radius 3 is 2.71 bits per heavy atom. The topological polar surface area (TPSA) is 61.4 Å². The number of nitrogens with zero attached hydrogens (tertiary/aromatic N) is 1. The minimum atomic E-state index is -0.538. The smallest absolute Gasteiger partial charge is 0.252 e. The molecule has 0 bridgehead atoms. The maximum atomic E-state index is 13.0. The summed E-state index contributed by atoms with van der Waals surface area (Å²) in [5, 5.41) is 6.26. The van der Waals surface area contributed by atoms with Crippen molar-refractivity contribution in [1.82, 2.24) is 15.5 Å². The monoisotopic (exact) mass is 377 g/mol. The van der Waals surface area contributed by atoms with Crippen LogP contribution >= 0.6 is 0 Å². The Morgan fingerprint density at radius 1 is 1.18 bits per heavy atom. The molecule has 2 amide bonds. The highest BCUT2D eigenvalue weighted by Gasteiger charge is 2.51. The molecule has 2 N–H and O–H groups in total. The number of carbonyl (C=O) groups excluding carboxylic acids is 2. The number of benzene rings is 2. The number of fused-ring (bicyclic) bond motifs is 1. The lowest BCUT2D eigenvalue weighted by Crippen LogP contribution is -2.57. The van der Waals surface area contributed by atoms with Crippen LogP contribution in [-0.2, 0) is 17.8 Å². The molecule has 2 aromatic rings. The van der Waals surface area contributed by atoms with E-state index in [-0.39, 0.29) is 17.7 Å². The van der Waals surface area contributed by atoms with Gasteiger partial charge in [-0.2, -0.15) is 0 Å². The first-order valence-electron chi connectivity index (χ1n) is 10.1. The van der Waals surface area contributed by atoms with Crippen molar-refractivity contribution in [3.63, 3.8) is 0 Å². The molecule has 2 aromatic carbocycles. The summed E-state index contributed by atoms with van der Waals surface area (Å²) in [7, 11) is 0. The second kappa shape index (κ2) is 7.76. The van der Waals surface area contributed by atoms with Gasteiger partial charge in [-0.25, -0.2) is 0 Å². The number of carbonyl (C=O) groups is 2. The first-order chi connectivity index (χ1) is 13.6. The van der Waals surface area contributed by atoms with E-state index in [0.29, 0.717) is 19.6 Å². The van der Waals surface area contributed by atoms with Crippen molar-refractivity contribution >= 4 is 11.8 Å². The lowest BCUT2D eigenvalue weighted by molar-refractivity contribution is -0.126. The van der Waals surface area contributed by atoms with Gasteiger partial charge in [-0.05, 0) is 37.0 Å². The van der Waals surface area contributed by atoms with Crippen LogP contribution in [0.25, 0.3) is 0 Å². The van der Waals surface area contributed by atoms with Gasteiger partial charge in [0.1, 0.15) is 0 Å². The second-order valence-electron chi connectivity index (χ2n) is 7.87. The minimum Gasteiger partial charge on any atom is -0.356 e. The summed E-state index contributed by atoms with van der Waals surface area (Å²) < 4.78 is 0. The van der Waals surface area contributed by atoms with Gasteiger partial charge in [0.25, 0.3) is 5.91 Å². The fourth-order valence-corrected chi connectivity index (χ4v) is 4.65. The van der Waals surface area contributed by atoms with E-state index >= 15 is 0 Å². The molecule has 1 fully saturated rings. The SMILES string of the molecule is CCNC(=O)[C@@H]1CN(Cc2ccccc2)C[C@]12CCc1ccccc1C(=O)N2. The van der Waals surface area contributed by atoms with Gasteiger partial charge in [0, 0.05) is 31.7 Å². The Kier molecular flexibility index (Phi) is 5.18. The molecule has 4 rings (SSSR count). The predicted molar refractivity (Wildman–Crippen MR) is 109 cm³/mol. The second-order valence-corrected chi connectivity index (χ2v) is 7.87. The molecule has 2 aliphatic rings. The Balaban J connectivity index is 1.62. The zero-order valence-electron chi connectivity index (χ0n) is 16.3. The lowest BCUT2D eigenvalue weighted by atomic mass is 9.82. The van der Waals surface area contributed by atoms with Crippen molar-refractivity contribution in [3.8, 4) is 0 Å². The Morgan fingerprint density at radius 2 is 1.93 bits per heavy atom. The molecule has 146 valence electrons. The molecule has 1 saturated heterocycles. The van der Waals surface area contributed by atoms with E-state index in [0.717, 1.165) is 30.5 Å². The quantitative estimate of drug-likeness (QED) is 0.860. The van der Waals surface area contributed by atoms with Crippen LogP contribution in [-0.4, -0.2) is 41.9 Å². The van der Waals surface area contributed by atoms with Crippen molar-refractivity contribution in [1.29, 1.82) is 0 Å². The van der Waals surface area contributed by atoms with Gasteiger partial charge in [0.2, 0.25) is 5.91 Å². The van der Waals surface area contributed by atoms with Gasteiger partial charge in [-0.3, -0.25) is 14.5 Å². The third-order valence-electron chi connectivity index (χ3n) is 5.99. The average Bonchev–Trinajstić information content (AvgIpc) is 2.98. The summed E-state index contributed by atoms with van der Waals surface area (Å²) in [6, 6.07) is 18.1. The van der Waals surface area contributed by atoms with Crippen LogP contribution in [0.4, 0.5) is 0 Å². The molecule has 2 aliphatic heterocycles. The third-order valence-corrected chi connectivity index (χ3v) is 5.99. The fraction of sp³-hybridized carbons (Fsp3) is 0.391. The van der Waals surface area contributed by atoms with Crippen LogP contribution in [0, 0.1) is 5.92 Å². The van der Waals surface area contributed by atoms with Crippen LogP contribution in [0.3, 0.4) is 0 Å². The highest BCUT2D eigenvalue weighted by molar-refractivity contribution is 5.97. The summed E-state index contributed by atoms with van der Waals surface area (Å²) in [5.74, 6) is -0.289. The molecule has 5 nitrogen and oxygen atoms in total. The van der Waals surface area contributed by atoms with E-state index < -0.39 is 5.54 Å². The van der Waals surface area contributed by atoms with E-state index in [1.165, 1.54) is 5.56 Å². The summed E-state index contributed by atoms with van der Waals surface area (Å²) >= 11 is 0. The number of aryl methyl sites for hydroxylation is 1. The lowest BCUT2D eigenvalue weighted by Gasteiger charge is -2.34. The van der Waals surface area contributed by atoms with Gasteiger partial charge in [-0.1, -0.05) is 48.5 Å². The average molecular weight is 377 g/mol. The number of amides is 2. The Hall–Kier alpha value is -2.66. The molecule has 0 radical (unpaired) electrons. The molecule has 2 heterocycles. The van der Waals surface area contributed by atoms with Crippen LogP contribution in [0.15, 0.2) is 54.6 Å². The van der Waals surface area contributed by atoms with Gasteiger partial charge in [0.05, 0.1) is 11.5 Å². The molecule has 0 aromatic heterocycles. The third kappa shape index (κ3) is 3.54. The zero-order valence-corrected chi connectivity index (χ0v) is 16.3. The maximum absolute atomic E-state index is 13.0. The summed E-state index contributed by atoms with van der Waals surface area (Å²) in [4.78, 5) is 28.2. The number of rotatable bonds is 4. The number of nitrogens with one attached hydrogen (secondary N) is 2. The molecule has 0 unspecified atom stereocenters. The Bertz CT molecular complexity index is 867. The summed E-state index contributed by atoms with van der Waals surface area (Å²) in [6.45, 7) is 4.64. The van der Waals surface area contributed by atoms with Crippen LogP contribution < -0.4 is 10.6 Å². The van der Waals surface area contributed by atoms with Crippen LogP contribution in [0.2, 0.25) is 0 Å². The van der Waals surface area contributed by atoms with E-state index in [4.69, 9.17) is 0 Å². The first kappa shape index (κ1) is 18.7. The van der Waals surface area contributed by atoms with Gasteiger partial charge in [-0.15, -0.1) is 0 Å². The number of likely N-dealkylation sites (tertiary alicyclic amines) is 1. The maximum Gasteiger partial charge on any atom is 0.252 e. The largest absolute Gasteiger partial charge is 0.356 e. The number of hydrogen-bond donors (Lipinski definition) is 2. The fourth-order valence-electron chi connectivity index (χ4n) is 4.65. The van der Waals surface area contributed by atoms with Crippen molar-refractivity contribution in [2.75, 3.05) is 19.6 Å². The first-order valence-corrected chi connectivity index (χ1v) is 10.1. The van der Waals surface area contributed by atoms with E-state index in [1.807, 2.05) is 49.4 Å². The molecule has 1 spiro atoms. The number of hydrogen-bond acceptors (Lipinski definition) is 3. The van der Waals surface area contributed by atoms with Gasteiger partial charge in [0.15, 0.2) is 0 Å². The standard InChI is InChI=1S/C23H27N3O2/c1-2-24-22(28)20-15-26(14-17-8-4-3-5-9-17)16-23(20)13-12-18-10-6-7-11-19(18)21(27)25-23/h3-11,20H,2,12-16H2,1H3,(H,24,28)(H,25,27)/t20-,23+/m0/s1. The van der Waals surface area contributed by atoms with E-state index in [1.54, 1.807) is 0 Å². The minimum absolute atomic E-state index is 0.0318. The van der Waals surface area contributed by atoms with Gasteiger partial charge < -0.3 is 10.6 Å². The van der Waals surface area contributed by atoms with Crippen LogP contribution in [0.5, 0.6) is 0 Å². The van der Waals surface area contributed by atoms with Gasteiger partial charge >= 0.3 is 0 Å². The van der Waals surface area contributed by atoms with Crippen molar-refractivity contribution in [2.24, 2.45) is 5.92 Å². The summed E-state index contributed by atoms with van der Waals surface area (Å²) in [5.41, 5.74) is 2.48. The zero-order chi connectivity index (χ0) is 19.6. The summed E-state index contributed by atoms with van der Waals surface area (Å²) in [6.07, 6.45) is 1.56. The molecular formula is C23H27N3O2. The van der Waals surface area contributed by atoms with Crippen molar-refractivity contribution < 1.29 is 9.59 Å². The van der Waals surface area contributed by atoms with E-state index in [9.17, 15) is 9.59 Å². The highest BCUT2D eigenvalue weighted by Crippen LogP contribution is 2.36. The molecule has 0 aliphatic carbocycles. The normalized spacial score (nSPS) is 24.5. The van der Waals surface area contributed by atoms with Crippen LogP contribution in [0.1, 0.15) is 34.8 Å². The molecule has 5 heteroatoms. The van der Waals surface area contributed by atoms with Crippen molar-refractivity contribution in [2.45, 2.75) is 31.8 Å². The Labute approximate surface area is 166 Å². The highest BCUT2D eigenvalue weighted by atomic mass is 16.2. The molecule has 2 atom stereocenters. The molecular weight excluding hydrogens is 350 g/mol.